The summed E-state index contributed by atoms with van der Waals surface area (Å²) in [7, 11) is 0. The molecular formula is C20H23N3O2. The second-order valence-electron chi connectivity index (χ2n) is 6.52. The summed E-state index contributed by atoms with van der Waals surface area (Å²) in [6.45, 7) is 6.38. The maximum atomic E-state index is 12.6. The molecular weight excluding hydrogens is 314 g/mol. The lowest BCUT2D eigenvalue weighted by molar-refractivity contribution is -0.131. The summed E-state index contributed by atoms with van der Waals surface area (Å²) in [5.41, 5.74) is 4.04. The van der Waals surface area contributed by atoms with Gasteiger partial charge in [0.15, 0.2) is 0 Å². The quantitative estimate of drug-likeness (QED) is 0.863. The molecule has 2 heterocycles. The molecule has 0 spiro atoms. The molecule has 0 aliphatic carbocycles. The number of amides is 2. The lowest BCUT2D eigenvalue weighted by atomic mass is 10.0. The van der Waals surface area contributed by atoms with E-state index in [0.717, 1.165) is 11.1 Å². The molecule has 1 saturated heterocycles. The van der Waals surface area contributed by atoms with E-state index in [1.807, 2.05) is 18.7 Å². The molecule has 1 aromatic carbocycles. The largest absolute Gasteiger partial charge is 0.339 e. The molecule has 0 bridgehead atoms. The van der Waals surface area contributed by atoms with Crippen molar-refractivity contribution >= 4 is 11.8 Å². The standard InChI is InChI=1S/C20H23N3O2/c1-15-3-4-16(2)18(13-15)14-19(24)22-9-11-23(12-10-22)20(25)17-5-7-21-8-6-17/h3-8,13H,9-12,14H2,1-2H3. The van der Waals surface area contributed by atoms with Crippen molar-refractivity contribution in [1.82, 2.24) is 14.8 Å². The van der Waals surface area contributed by atoms with Crippen LogP contribution in [0.25, 0.3) is 0 Å². The van der Waals surface area contributed by atoms with Crippen LogP contribution in [0.15, 0.2) is 42.7 Å². The third-order valence-corrected chi connectivity index (χ3v) is 4.69. The van der Waals surface area contributed by atoms with E-state index < -0.39 is 0 Å². The molecule has 5 nitrogen and oxygen atoms in total. The van der Waals surface area contributed by atoms with E-state index in [1.54, 1.807) is 29.4 Å². The Morgan fingerprint density at radius 1 is 0.960 bits per heavy atom. The molecule has 1 aromatic heterocycles. The fraction of sp³-hybridized carbons (Fsp3) is 0.350. The van der Waals surface area contributed by atoms with Gasteiger partial charge in [-0.15, -0.1) is 0 Å². The average molecular weight is 337 g/mol. The van der Waals surface area contributed by atoms with Crippen molar-refractivity contribution < 1.29 is 9.59 Å². The number of benzene rings is 1. The Labute approximate surface area is 148 Å². The smallest absolute Gasteiger partial charge is 0.254 e. The van der Waals surface area contributed by atoms with Gasteiger partial charge in [-0.1, -0.05) is 23.8 Å². The van der Waals surface area contributed by atoms with Gasteiger partial charge in [-0.2, -0.15) is 0 Å². The fourth-order valence-corrected chi connectivity index (χ4v) is 3.10. The van der Waals surface area contributed by atoms with Crippen molar-refractivity contribution in [3.8, 4) is 0 Å². The molecule has 1 aliphatic rings. The van der Waals surface area contributed by atoms with Gasteiger partial charge in [0.05, 0.1) is 6.42 Å². The molecule has 5 heteroatoms. The molecule has 0 saturated carbocycles. The van der Waals surface area contributed by atoms with Crippen molar-refractivity contribution in [3.63, 3.8) is 0 Å². The molecule has 0 atom stereocenters. The van der Waals surface area contributed by atoms with Crippen LogP contribution in [-0.2, 0) is 11.2 Å². The first-order valence-corrected chi connectivity index (χ1v) is 8.58. The number of piperazine rings is 1. The van der Waals surface area contributed by atoms with Crippen LogP contribution in [0.2, 0.25) is 0 Å². The van der Waals surface area contributed by atoms with Crippen LogP contribution in [-0.4, -0.2) is 52.8 Å². The highest BCUT2D eigenvalue weighted by molar-refractivity contribution is 5.94. The second-order valence-corrected chi connectivity index (χ2v) is 6.52. The van der Waals surface area contributed by atoms with Crippen LogP contribution >= 0.6 is 0 Å². The number of hydrogen-bond donors (Lipinski definition) is 0. The van der Waals surface area contributed by atoms with Gasteiger partial charge in [-0.25, -0.2) is 0 Å². The predicted octanol–water partition coefficient (Wildman–Crippen LogP) is 2.23. The molecule has 1 fully saturated rings. The zero-order valence-corrected chi connectivity index (χ0v) is 14.7. The number of aromatic nitrogens is 1. The van der Waals surface area contributed by atoms with Gasteiger partial charge in [0.2, 0.25) is 5.91 Å². The Balaban J connectivity index is 1.57. The third kappa shape index (κ3) is 4.05. The zero-order valence-electron chi connectivity index (χ0n) is 14.7. The van der Waals surface area contributed by atoms with Crippen molar-refractivity contribution in [2.75, 3.05) is 26.2 Å². The van der Waals surface area contributed by atoms with E-state index in [4.69, 9.17) is 0 Å². The molecule has 2 aromatic rings. The molecule has 3 rings (SSSR count). The minimum atomic E-state index is 0.00373. The first-order chi connectivity index (χ1) is 12.0. The van der Waals surface area contributed by atoms with E-state index >= 15 is 0 Å². The summed E-state index contributed by atoms with van der Waals surface area (Å²) in [5, 5.41) is 0. The number of nitrogens with zero attached hydrogens (tertiary/aromatic N) is 3. The summed E-state index contributed by atoms with van der Waals surface area (Å²) < 4.78 is 0. The van der Waals surface area contributed by atoms with E-state index in [0.29, 0.717) is 38.2 Å². The second kappa shape index (κ2) is 7.47. The highest BCUT2D eigenvalue weighted by Gasteiger charge is 2.25. The predicted molar refractivity (Wildman–Crippen MR) is 96.3 cm³/mol. The summed E-state index contributed by atoms with van der Waals surface area (Å²) in [5.74, 6) is 0.133. The van der Waals surface area contributed by atoms with Crippen molar-refractivity contribution in [1.29, 1.82) is 0 Å². The highest BCUT2D eigenvalue weighted by atomic mass is 16.2. The Morgan fingerprint density at radius 3 is 2.28 bits per heavy atom. The Hall–Kier alpha value is -2.69. The summed E-state index contributed by atoms with van der Waals surface area (Å²) in [6.07, 6.45) is 3.67. The van der Waals surface area contributed by atoms with Gasteiger partial charge in [-0.05, 0) is 37.1 Å². The Kier molecular flexibility index (Phi) is 5.12. The molecule has 25 heavy (non-hydrogen) atoms. The van der Waals surface area contributed by atoms with Crippen LogP contribution in [0.4, 0.5) is 0 Å². The maximum absolute atomic E-state index is 12.6. The van der Waals surface area contributed by atoms with Crippen LogP contribution in [0.5, 0.6) is 0 Å². The number of rotatable bonds is 3. The minimum Gasteiger partial charge on any atom is -0.339 e. The van der Waals surface area contributed by atoms with E-state index in [-0.39, 0.29) is 11.8 Å². The van der Waals surface area contributed by atoms with E-state index in [9.17, 15) is 9.59 Å². The van der Waals surface area contributed by atoms with Crippen molar-refractivity contribution in [2.45, 2.75) is 20.3 Å². The number of carbonyl (C=O) groups excluding carboxylic acids is 2. The van der Waals surface area contributed by atoms with Gasteiger partial charge in [0.1, 0.15) is 0 Å². The van der Waals surface area contributed by atoms with Gasteiger partial charge in [-0.3, -0.25) is 14.6 Å². The van der Waals surface area contributed by atoms with Crippen molar-refractivity contribution in [3.05, 3.63) is 65.0 Å². The normalized spacial score (nSPS) is 14.5. The maximum Gasteiger partial charge on any atom is 0.254 e. The first-order valence-electron chi connectivity index (χ1n) is 8.58. The third-order valence-electron chi connectivity index (χ3n) is 4.69. The van der Waals surface area contributed by atoms with Crippen molar-refractivity contribution in [2.24, 2.45) is 0 Å². The number of carbonyl (C=O) groups is 2. The minimum absolute atomic E-state index is 0.00373. The Morgan fingerprint density at radius 2 is 1.60 bits per heavy atom. The molecule has 130 valence electrons. The van der Waals surface area contributed by atoms with Gasteiger partial charge < -0.3 is 9.80 Å². The van der Waals surface area contributed by atoms with Crippen LogP contribution in [0.3, 0.4) is 0 Å². The monoisotopic (exact) mass is 337 g/mol. The number of aryl methyl sites for hydroxylation is 2. The lowest BCUT2D eigenvalue weighted by Gasteiger charge is -2.35. The van der Waals surface area contributed by atoms with Gasteiger partial charge in [0.25, 0.3) is 5.91 Å². The average Bonchev–Trinajstić information content (AvgIpc) is 2.65. The van der Waals surface area contributed by atoms with Gasteiger partial charge >= 0.3 is 0 Å². The summed E-state index contributed by atoms with van der Waals surface area (Å²) in [6, 6.07) is 9.65. The number of pyridine rings is 1. The Bertz CT molecular complexity index is 766. The fourth-order valence-electron chi connectivity index (χ4n) is 3.10. The number of hydrogen-bond acceptors (Lipinski definition) is 3. The van der Waals surface area contributed by atoms with Crippen LogP contribution in [0, 0.1) is 13.8 Å². The van der Waals surface area contributed by atoms with Crippen LogP contribution in [0.1, 0.15) is 27.0 Å². The molecule has 1 aliphatic heterocycles. The SMILES string of the molecule is Cc1ccc(C)c(CC(=O)N2CCN(C(=O)c3ccncc3)CC2)c1. The molecule has 0 N–H and O–H groups in total. The van der Waals surface area contributed by atoms with Crippen LogP contribution < -0.4 is 0 Å². The summed E-state index contributed by atoms with van der Waals surface area (Å²) in [4.78, 5) is 32.6. The van der Waals surface area contributed by atoms with Gasteiger partial charge in [0, 0.05) is 44.1 Å². The lowest BCUT2D eigenvalue weighted by Crippen LogP contribution is -2.51. The molecule has 0 unspecified atom stereocenters. The highest BCUT2D eigenvalue weighted by Crippen LogP contribution is 2.14. The zero-order chi connectivity index (χ0) is 17.8. The molecule has 2 amide bonds. The van der Waals surface area contributed by atoms with E-state index in [2.05, 4.69) is 23.2 Å². The topological polar surface area (TPSA) is 53.5 Å². The molecule has 0 radical (unpaired) electrons. The van der Waals surface area contributed by atoms with E-state index in [1.165, 1.54) is 5.56 Å². The summed E-state index contributed by atoms with van der Waals surface area (Å²) >= 11 is 0. The first kappa shape index (κ1) is 17.1.